The maximum Gasteiger partial charge on any atom is 0.311 e. The van der Waals surface area contributed by atoms with Gasteiger partial charge in [-0.15, -0.1) is 0 Å². The molecule has 0 amide bonds. The Morgan fingerprint density at radius 2 is 2.05 bits per heavy atom. The number of ether oxygens (including phenoxy) is 1. The third-order valence-electron chi connectivity index (χ3n) is 2.90. The van der Waals surface area contributed by atoms with Crippen molar-refractivity contribution in [3.8, 4) is 5.75 Å². The molecule has 0 saturated carbocycles. The van der Waals surface area contributed by atoms with E-state index in [0.717, 1.165) is 5.56 Å². The van der Waals surface area contributed by atoms with Gasteiger partial charge in [0.15, 0.2) is 5.75 Å². The zero-order chi connectivity index (χ0) is 15.4. The van der Waals surface area contributed by atoms with Gasteiger partial charge in [0.05, 0.1) is 4.92 Å². The number of halogens is 2. The second kappa shape index (κ2) is 6.74. The number of hydrogen-bond acceptors (Lipinski definition) is 4. The number of nitro groups is 1. The maximum absolute atomic E-state index is 11.1. The average molecular weight is 327 g/mol. The molecular weight excluding hydrogens is 315 g/mol. The number of rotatable bonds is 5. The lowest BCUT2D eigenvalue weighted by Gasteiger charge is -2.09. The fourth-order valence-corrected chi connectivity index (χ4v) is 2.15. The van der Waals surface area contributed by atoms with Gasteiger partial charge in [-0.1, -0.05) is 36.2 Å². The van der Waals surface area contributed by atoms with Crippen LogP contribution in [0.5, 0.6) is 5.75 Å². The summed E-state index contributed by atoms with van der Waals surface area (Å²) in [6, 6.07) is 8.15. The van der Waals surface area contributed by atoms with E-state index >= 15 is 0 Å². The van der Waals surface area contributed by atoms with Gasteiger partial charge in [-0.05, 0) is 30.2 Å². The van der Waals surface area contributed by atoms with Crippen molar-refractivity contribution >= 4 is 28.9 Å². The van der Waals surface area contributed by atoms with Crippen molar-refractivity contribution < 1.29 is 9.66 Å². The Bertz CT molecular complexity index is 677. The molecule has 0 bridgehead atoms. The topological polar surface area (TPSA) is 65.3 Å². The molecule has 0 aliphatic carbocycles. The highest BCUT2D eigenvalue weighted by atomic mass is 35.5. The monoisotopic (exact) mass is 326 g/mol. The molecule has 0 fully saturated rings. The lowest BCUT2D eigenvalue weighted by Crippen LogP contribution is -2.01. The molecule has 0 atom stereocenters. The van der Waals surface area contributed by atoms with E-state index in [1.165, 1.54) is 6.07 Å². The second-order valence-corrected chi connectivity index (χ2v) is 5.03. The molecule has 0 aliphatic heterocycles. The summed E-state index contributed by atoms with van der Waals surface area (Å²) < 4.78 is 5.50. The Kier molecular flexibility index (Phi) is 4.98. The third kappa shape index (κ3) is 3.83. The largest absolute Gasteiger partial charge is 0.482 e. The minimum atomic E-state index is -0.462. The van der Waals surface area contributed by atoms with Gasteiger partial charge < -0.3 is 4.74 Å². The molecule has 1 aromatic carbocycles. The zero-order valence-electron chi connectivity index (χ0n) is 11.2. The van der Waals surface area contributed by atoms with E-state index in [1.807, 2.05) is 6.92 Å². The van der Waals surface area contributed by atoms with Gasteiger partial charge in [0.2, 0.25) is 0 Å². The van der Waals surface area contributed by atoms with Gasteiger partial charge in [0, 0.05) is 11.6 Å². The van der Waals surface area contributed by atoms with Crippen LogP contribution in [0.25, 0.3) is 0 Å². The SMILES string of the molecule is CCc1ccc(OCc2ccc(Cl)nc2Cl)c([N+](=O)[O-])c1. The fourth-order valence-electron chi connectivity index (χ4n) is 1.75. The number of nitro benzene ring substituents is 1. The van der Waals surface area contributed by atoms with Crippen molar-refractivity contribution in [3.05, 3.63) is 61.9 Å². The van der Waals surface area contributed by atoms with Crippen LogP contribution in [0.3, 0.4) is 0 Å². The Balaban J connectivity index is 2.21. The van der Waals surface area contributed by atoms with E-state index in [4.69, 9.17) is 27.9 Å². The number of aromatic nitrogens is 1. The van der Waals surface area contributed by atoms with Crippen LogP contribution in [0.4, 0.5) is 5.69 Å². The molecule has 5 nitrogen and oxygen atoms in total. The first-order chi connectivity index (χ1) is 10.0. The third-order valence-corrected chi connectivity index (χ3v) is 3.44. The molecule has 0 aliphatic rings. The normalized spacial score (nSPS) is 10.4. The van der Waals surface area contributed by atoms with Gasteiger partial charge >= 0.3 is 5.69 Å². The predicted octanol–water partition coefficient (Wildman–Crippen LogP) is 4.44. The number of pyridine rings is 1. The van der Waals surface area contributed by atoms with Crippen molar-refractivity contribution in [1.82, 2.24) is 4.98 Å². The minimum absolute atomic E-state index is 0.0626. The van der Waals surface area contributed by atoms with Gasteiger partial charge in [-0.3, -0.25) is 10.1 Å². The quantitative estimate of drug-likeness (QED) is 0.463. The summed E-state index contributed by atoms with van der Waals surface area (Å²) in [5.74, 6) is 0.197. The summed E-state index contributed by atoms with van der Waals surface area (Å²) in [5, 5.41) is 11.6. The van der Waals surface area contributed by atoms with Crippen LogP contribution in [0.1, 0.15) is 18.1 Å². The Labute approximate surface area is 131 Å². The highest BCUT2D eigenvalue weighted by Crippen LogP contribution is 2.29. The summed E-state index contributed by atoms with van der Waals surface area (Å²) >= 11 is 11.6. The van der Waals surface area contributed by atoms with E-state index in [9.17, 15) is 10.1 Å². The minimum Gasteiger partial charge on any atom is -0.482 e. The number of nitrogens with zero attached hydrogens (tertiary/aromatic N) is 2. The Morgan fingerprint density at radius 1 is 1.29 bits per heavy atom. The lowest BCUT2D eigenvalue weighted by atomic mass is 10.1. The van der Waals surface area contributed by atoms with E-state index in [2.05, 4.69) is 4.98 Å². The number of aryl methyl sites for hydroxylation is 1. The zero-order valence-corrected chi connectivity index (χ0v) is 12.7. The number of hydrogen-bond donors (Lipinski definition) is 0. The molecule has 21 heavy (non-hydrogen) atoms. The summed E-state index contributed by atoms with van der Waals surface area (Å²) in [6.07, 6.45) is 0.716. The van der Waals surface area contributed by atoms with Gasteiger partial charge in [-0.25, -0.2) is 4.98 Å². The molecule has 7 heteroatoms. The summed E-state index contributed by atoms with van der Waals surface area (Å²) in [7, 11) is 0. The predicted molar refractivity (Wildman–Crippen MR) is 81.1 cm³/mol. The van der Waals surface area contributed by atoms with Gasteiger partial charge in [-0.2, -0.15) is 0 Å². The molecule has 0 unspecified atom stereocenters. The van der Waals surface area contributed by atoms with Crippen LogP contribution in [0, 0.1) is 10.1 Å². The van der Waals surface area contributed by atoms with Crippen LogP contribution in [-0.4, -0.2) is 9.91 Å². The molecule has 0 radical (unpaired) electrons. The first kappa shape index (κ1) is 15.5. The molecule has 1 aromatic heterocycles. The molecule has 0 saturated heterocycles. The van der Waals surface area contributed by atoms with Crippen LogP contribution >= 0.6 is 23.2 Å². The van der Waals surface area contributed by atoms with Crippen molar-refractivity contribution in [2.24, 2.45) is 0 Å². The Morgan fingerprint density at radius 3 is 2.67 bits per heavy atom. The molecule has 1 heterocycles. The lowest BCUT2D eigenvalue weighted by molar-refractivity contribution is -0.386. The standard InChI is InChI=1S/C14H12Cl2N2O3/c1-2-9-3-5-12(11(7-9)18(19)20)21-8-10-4-6-13(15)17-14(10)16/h3-7H,2,8H2,1H3. The highest BCUT2D eigenvalue weighted by Gasteiger charge is 2.16. The van der Waals surface area contributed by atoms with E-state index < -0.39 is 4.92 Å². The smallest absolute Gasteiger partial charge is 0.311 e. The fraction of sp³-hybridized carbons (Fsp3) is 0.214. The first-order valence-electron chi connectivity index (χ1n) is 6.22. The van der Waals surface area contributed by atoms with E-state index in [-0.39, 0.29) is 28.3 Å². The van der Waals surface area contributed by atoms with Crippen molar-refractivity contribution in [1.29, 1.82) is 0 Å². The summed E-state index contributed by atoms with van der Waals surface area (Å²) in [5.41, 5.74) is 1.42. The average Bonchev–Trinajstić information content (AvgIpc) is 2.46. The Hall–Kier alpha value is -1.85. The molecule has 0 N–H and O–H groups in total. The maximum atomic E-state index is 11.1. The van der Waals surface area contributed by atoms with Crippen molar-refractivity contribution in [2.75, 3.05) is 0 Å². The summed E-state index contributed by atoms with van der Waals surface area (Å²) in [4.78, 5) is 14.5. The molecular formula is C14H12Cl2N2O3. The van der Waals surface area contributed by atoms with Crippen molar-refractivity contribution in [2.45, 2.75) is 20.0 Å². The van der Waals surface area contributed by atoms with E-state index in [1.54, 1.807) is 24.3 Å². The van der Waals surface area contributed by atoms with Crippen LogP contribution in [-0.2, 0) is 13.0 Å². The first-order valence-corrected chi connectivity index (χ1v) is 6.98. The van der Waals surface area contributed by atoms with Crippen molar-refractivity contribution in [3.63, 3.8) is 0 Å². The highest BCUT2D eigenvalue weighted by molar-refractivity contribution is 6.32. The molecule has 110 valence electrons. The van der Waals surface area contributed by atoms with E-state index in [0.29, 0.717) is 12.0 Å². The van der Waals surface area contributed by atoms with Crippen LogP contribution in [0.15, 0.2) is 30.3 Å². The second-order valence-electron chi connectivity index (χ2n) is 4.29. The molecule has 0 spiro atoms. The van der Waals surface area contributed by atoms with Crippen LogP contribution in [0.2, 0.25) is 10.3 Å². The number of benzene rings is 1. The molecule has 2 rings (SSSR count). The summed E-state index contributed by atoms with van der Waals surface area (Å²) in [6.45, 7) is 2.01. The van der Waals surface area contributed by atoms with Crippen LogP contribution < -0.4 is 4.74 Å². The molecule has 2 aromatic rings. The van der Waals surface area contributed by atoms with Gasteiger partial charge in [0.1, 0.15) is 16.9 Å². The van der Waals surface area contributed by atoms with Gasteiger partial charge in [0.25, 0.3) is 0 Å².